The van der Waals surface area contributed by atoms with Gasteiger partial charge in [-0.1, -0.05) is 55.6 Å². The summed E-state index contributed by atoms with van der Waals surface area (Å²) in [4.78, 5) is 23.0. The Morgan fingerprint density at radius 3 is 1.91 bits per heavy atom. The van der Waals surface area contributed by atoms with Crippen LogP contribution >= 0.6 is 0 Å². The molecule has 1 aromatic rings. The second-order valence-corrected chi connectivity index (χ2v) is 4.63. The molecule has 0 atom stereocenters. The highest BCUT2D eigenvalue weighted by Crippen LogP contribution is 2.30. The van der Waals surface area contributed by atoms with Crippen LogP contribution in [0.2, 0.25) is 0 Å². The van der Waals surface area contributed by atoms with E-state index in [0.717, 1.165) is 17.7 Å². The number of carbonyl (C=O) groups excluding carboxylic acids is 2. The second kappa shape index (κ2) is 6.72. The standard InChI is InChI=1S/C18H16O4/c1-3-16(19)21-18(22-17(20)4-2)12-10-15(11-13-18)14-8-6-5-7-9-14/h3-13,15H,1-2H2. The molecule has 0 N–H and O–H groups in total. The number of allylic oxidation sites excluding steroid dienone is 2. The Labute approximate surface area is 129 Å². The Hall–Kier alpha value is -2.88. The van der Waals surface area contributed by atoms with Gasteiger partial charge in [0.2, 0.25) is 0 Å². The lowest BCUT2D eigenvalue weighted by molar-refractivity contribution is -0.191. The van der Waals surface area contributed by atoms with Gasteiger partial charge in [-0.2, -0.15) is 0 Å². The predicted octanol–water partition coefficient (Wildman–Crippen LogP) is 3.05. The zero-order valence-electron chi connectivity index (χ0n) is 12.0. The van der Waals surface area contributed by atoms with Crippen molar-refractivity contribution in [1.82, 2.24) is 0 Å². The van der Waals surface area contributed by atoms with Gasteiger partial charge in [0, 0.05) is 30.2 Å². The molecule has 1 aliphatic carbocycles. The Morgan fingerprint density at radius 2 is 1.45 bits per heavy atom. The van der Waals surface area contributed by atoms with E-state index in [9.17, 15) is 9.59 Å². The largest absolute Gasteiger partial charge is 0.412 e. The molecule has 1 aromatic carbocycles. The predicted molar refractivity (Wildman–Crippen MR) is 82.8 cm³/mol. The molecule has 22 heavy (non-hydrogen) atoms. The van der Waals surface area contributed by atoms with Crippen molar-refractivity contribution in [2.24, 2.45) is 0 Å². The van der Waals surface area contributed by atoms with Crippen molar-refractivity contribution in [3.63, 3.8) is 0 Å². The summed E-state index contributed by atoms with van der Waals surface area (Å²) in [5.41, 5.74) is 1.08. The van der Waals surface area contributed by atoms with Gasteiger partial charge < -0.3 is 9.47 Å². The number of esters is 2. The van der Waals surface area contributed by atoms with Crippen LogP contribution in [-0.4, -0.2) is 17.7 Å². The fourth-order valence-electron chi connectivity index (χ4n) is 2.05. The highest BCUT2D eigenvalue weighted by atomic mass is 16.7. The molecule has 112 valence electrons. The van der Waals surface area contributed by atoms with Crippen LogP contribution in [0.15, 0.2) is 79.9 Å². The molecule has 0 radical (unpaired) electrons. The lowest BCUT2D eigenvalue weighted by atomic mass is 9.93. The zero-order chi connectivity index (χ0) is 16.0. The van der Waals surface area contributed by atoms with Crippen LogP contribution in [-0.2, 0) is 19.1 Å². The quantitative estimate of drug-likeness (QED) is 0.363. The maximum Gasteiger partial charge on any atom is 0.333 e. The molecule has 0 aliphatic heterocycles. The van der Waals surface area contributed by atoms with Crippen molar-refractivity contribution in [3.05, 3.63) is 85.5 Å². The first-order chi connectivity index (χ1) is 10.6. The summed E-state index contributed by atoms with van der Waals surface area (Å²) in [6.45, 7) is 6.67. The van der Waals surface area contributed by atoms with Crippen LogP contribution in [0.1, 0.15) is 11.5 Å². The van der Waals surface area contributed by atoms with E-state index < -0.39 is 17.7 Å². The molecule has 0 heterocycles. The molecule has 0 saturated heterocycles. The summed E-state index contributed by atoms with van der Waals surface area (Å²) in [5, 5.41) is 0. The number of carbonyl (C=O) groups is 2. The molecular formula is C18H16O4. The molecule has 1 aliphatic rings. The van der Waals surface area contributed by atoms with E-state index in [0.29, 0.717) is 0 Å². The Morgan fingerprint density at radius 1 is 0.955 bits per heavy atom. The number of benzene rings is 1. The number of rotatable bonds is 5. The van der Waals surface area contributed by atoms with E-state index in [1.807, 2.05) is 42.5 Å². The van der Waals surface area contributed by atoms with E-state index in [-0.39, 0.29) is 5.92 Å². The second-order valence-electron chi connectivity index (χ2n) is 4.63. The molecule has 2 rings (SSSR count). The van der Waals surface area contributed by atoms with Crippen molar-refractivity contribution in [2.75, 3.05) is 0 Å². The molecule has 4 nitrogen and oxygen atoms in total. The van der Waals surface area contributed by atoms with Crippen LogP contribution in [0.25, 0.3) is 0 Å². The van der Waals surface area contributed by atoms with E-state index in [1.54, 1.807) is 0 Å². The van der Waals surface area contributed by atoms with E-state index in [4.69, 9.17) is 9.47 Å². The van der Waals surface area contributed by atoms with Crippen molar-refractivity contribution >= 4 is 11.9 Å². The molecule has 0 fully saturated rings. The summed E-state index contributed by atoms with van der Waals surface area (Å²) in [5.74, 6) is -2.94. The van der Waals surface area contributed by atoms with Crippen molar-refractivity contribution in [3.8, 4) is 0 Å². The van der Waals surface area contributed by atoms with Gasteiger partial charge in [-0.15, -0.1) is 0 Å². The maximum absolute atomic E-state index is 11.5. The van der Waals surface area contributed by atoms with Gasteiger partial charge >= 0.3 is 11.9 Å². The van der Waals surface area contributed by atoms with Gasteiger partial charge in [0.15, 0.2) is 0 Å². The van der Waals surface area contributed by atoms with Crippen molar-refractivity contribution in [2.45, 2.75) is 11.7 Å². The zero-order valence-corrected chi connectivity index (χ0v) is 12.0. The Bertz CT molecular complexity index is 602. The summed E-state index contributed by atoms with van der Waals surface area (Å²) in [6, 6.07) is 9.78. The van der Waals surface area contributed by atoms with Crippen LogP contribution in [0.4, 0.5) is 0 Å². The lowest BCUT2D eigenvalue weighted by Crippen LogP contribution is -2.37. The van der Waals surface area contributed by atoms with Crippen molar-refractivity contribution < 1.29 is 19.1 Å². The third-order valence-electron chi connectivity index (χ3n) is 3.11. The highest BCUT2D eigenvalue weighted by Gasteiger charge is 2.34. The molecule has 0 spiro atoms. The summed E-state index contributed by atoms with van der Waals surface area (Å²) < 4.78 is 10.3. The fourth-order valence-corrected chi connectivity index (χ4v) is 2.05. The molecule has 0 aromatic heterocycles. The monoisotopic (exact) mass is 296 g/mol. The number of ether oxygens (including phenoxy) is 2. The topological polar surface area (TPSA) is 52.6 Å². The van der Waals surface area contributed by atoms with E-state index >= 15 is 0 Å². The van der Waals surface area contributed by atoms with Gasteiger partial charge in [0.05, 0.1) is 0 Å². The maximum atomic E-state index is 11.5. The summed E-state index contributed by atoms with van der Waals surface area (Å²) in [6.07, 6.45) is 8.70. The van der Waals surface area contributed by atoms with Crippen LogP contribution < -0.4 is 0 Å². The van der Waals surface area contributed by atoms with Gasteiger partial charge in [0.1, 0.15) is 0 Å². The van der Waals surface area contributed by atoms with Crippen LogP contribution in [0, 0.1) is 0 Å². The van der Waals surface area contributed by atoms with Gasteiger partial charge in [-0.25, -0.2) is 9.59 Å². The molecule has 0 unspecified atom stereocenters. The Kier molecular flexibility index (Phi) is 4.73. The number of hydrogen-bond donors (Lipinski definition) is 0. The van der Waals surface area contributed by atoms with Gasteiger partial charge in [-0.3, -0.25) is 0 Å². The smallest absolute Gasteiger partial charge is 0.333 e. The first-order valence-corrected chi connectivity index (χ1v) is 6.73. The van der Waals surface area contributed by atoms with Crippen LogP contribution in [0.3, 0.4) is 0 Å². The lowest BCUT2D eigenvalue weighted by Gasteiger charge is -2.29. The normalized spacial score (nSPS) is 15.8. The molecule has 0 saturated carbocycles. The summed E-state index contributed by atoms with van der Waals surface area (Å²) in [7, 11) is 0. The average Bonchev–Trinajstić information content (AvgIpc) is 2.56. The SMILES string of the molecule is C=CC(=O)OC1(OC(=O)C=C)C=CC(c2ccccc2)C=C1. The Balaban J connectivity index is 2.24. The third-order valence-corrected chi connectivity index (χ3v) is 3.11. The number of hydrogen-bond acceptors (Lipinski definition) is 4. The third kappa shape index (κ3) is 3.61. The first kappa shape index (κ1) is 15.5. The minimum absolute atomic E-state index is 0.0131. The average molecular weight is 296 g/mol. The van der Waals surface area contributed by atoms with Crippen LogP contribution in [0.5, 0.6) is 0 Å². The minimum atomic E-state index is -1.57. The van der Waals surface area contributed by atoms with E-state index in [2.05, 4.69) is 13.2 Å². The van der Waals surface area contributed by atoms with Crippen molar-refractivity contribution in [1.29, 1.82) is 0 Å². The van der Waals surface area contributed by atoms with Gasteiger partial charge in [-0.05, 0) is 5.56 Å². The summed E-state index contributed by atoms with van der Waals surface area (Å²) >= 11 is 0. The van der Waals surface area contributed by atoms with E-state index in [1.165, 1.54) is 12.2 Å². The minimum Gasteiger partial charge on any atom is -0.412 e. The highest BCUT2D eigenvalue weighted by molar-refractivity contribution is 5.84. The molecule has 0 amide bonds. The first-order valence-electron chi connectivity index (χ1n) is 6.73. The molecular weight excluding hydrogens is 280 g/mol. The molecule has 4 heteroatoms. The fraction of sp³-hybridized carbons (Fsp3) is 0.111. The molecule has 0 bridgehead atoms. The van der Waals surface area contributed by atoms with Gasteiger partial charge in [0.25, 0.3) is 5.79 Å².